The molecule has 0 aromatic carbocycles. The highest BCUT2D eigenvalue weighted by molar-refractivity contribution is 5.72. The Kier molecular flexibility index (Phi) is 2.79. The Bertz CT molecular complexity index is 839. The number of fused-ring (bicyclic) bond motifs is 1. The molecule has 1 N–H and O–H groups in total. The lowest BCUT2D eigenvalue weighted by Crippen LogP contribution is -2.22. The van der Waals surface area contributed by atoms with Gasteiger partial charge in [-0.25, -0.2) is 9.50 Å². The molecule has 0 radical (unpaired) electrons. The predicted molar refractivity (Wildman–Crippen MR) is 88.2 cm³/mol. The molecule has 1 saturated heterocycles. The van der Waals surface area contributed by atoms with E-state index in [0.29, 0.717) is 6.04 Å². The molecule has 1 saturated carbocycles. The van der Waals surface area contributed by atoms with Crippen molar-refractivity contribution in [2.75, 3.05) is 23.3 Å². The van der Waals surface area contributed by atoms with Gasteiger partial charge in [-0.1, -0.05) is 0 Å². The maximum atomic E-state index is 4.75. The molecule has 0 amide bonds. The number of nitrogens with one attached hydrogen (secondary N) is 1. The smallest absolute Gasteiger partial charge is 0.245 e. The van der Waals surface area contributed by atoms with E-state index in [0.717, 1.165) is 36.2 Å². The van der Waals surface area contributed by atoms with Crippen LogP contribution >= 0.6 is 0 Å². The highest BCUT2D eigenvalue weighted by Gasteiger charge is 2.23. The highest BCUT2D eigenvalue weighted by atomic mass is 15.4. The first-order valence-corrected chi connectivity index (χ1v) is 8.28. The maximum Gasteiger partial charge on any atom is 0.245 e. The largest absolute Gasteiger partial charge is 0.340 e. The van der Waals surface area contributed by atoms with Crippen LogP contribution in [-0.2, 0) is 0 Å². The minimum Gasteiger partial charge on any atom is -0.340 e. The van der Waals surface area contributed by atoms with Gasteiger partial charge in [0.25, 0.3) is 0 Å². The van der Waals surface area contributed by atoms with Crippen LogP contribution in [0.5, 0.6) is 0 Å². The Morgan fingerprint density at radius 1 is 1.17 bits per heavy atom. The fraction of sp³-hybridized carbons (Fsp3) is 0.438. The van der Waals surface area contributed by atoms with Gasteiger partial charge >= 0.3 is 0 Å². The van der Waals surface area contributed by atoms with Crippen LogP contribution < -0.4 is 10.2 Å². The summed E-state index contributed by atoms with van der Waals surface area (Å²) in [5.74, 6) is 2.44. The predicted octanol–water partition coefficient (Wildman–Crippen LogP) is 2.60. The second-order valence-electron chi connectivity index (χ2n) is 6.35. The van der Waals surface area contributed by atoms with Crippen molar-refractivity contribution in [3.8, 4) is 0 Å². The number of hydrogen-bond acceptors (Lipinski definition) is 5. The number of rotatable bonds is 4. The SMILES string of the molecule is c1cc2c(Nc3cn(C4CC4)cn3)nc(N3CCCC3)nn2c1. The topological polar surface area (TPSA) is 63.3 Å². The van der Waals surface area contributed by atoms with E-state index >= 15 is 0 Å². The maximum absolute atomic E-state index is 4.75. The number of anilines is 3. The van der Waals surface area contributed by atoms with Gasteiger partial charge in [-0.05, 0) is 37.8 Å². The van der Waals surface area contributed by atoms with E-state index in [-0.39, 0.29) is 0 Å². The van der Waals surface area contributed by atoms with E-state index in [2.05, 4.69) is 31.1 Å². The highest BCUT2D eigenvalue weighted by Crippen LogP contribution is 2.35. The van der Waals surface area contributed by atoms with E-state index in [9.17, 15) is 0 Å². The molecule has 5 rings (SSSR count). The Balaban J connectivity index is 1.51. The van der Waals surface area contributed by atoms with Crippen LogP contribution in [0.2, 0.25) is 0 Å². The van der Waals surface area contributed by atoms with Crippen molar-refractivity contribution in [3.63, 3.8) is 0 Å². The minimum atomic E-state index is 0.636. The third-order valence-electron chi connectivity index (χ3n) is 4.59. The van der Waals surface area contributed by atoms with Crippen molar-refractivity contribution < 1.29 is 0 Å². The molecule has 3 aromatic heterocycles. The summed E-state index contributed by atoms with van der Waals surface area (Å²) in [6, 6.07) is 4.65. The quantitative estimate of drug-likeness (QED) is 0.802. The van der Waals surface area contributed by atoms with Crippen molar-refractivity contribution in [2.24, 2.45) is 0 Å². The van der Waals surface area contributed by atoms with Gasteiger partial charge in [-0.15, -0.1) is 5.10 Å². The normalized spacial score (nSPS) is 18.0. The Morgan fingerprint density at radius 2 is 2.04 bits per heavy atom. The van der Waals surface area contributed by atoms with Gasteiger partial charge in [-0.3, -0.25) is 0 Å². The van der Waals surface area contributed by atoms with Crippen LogP contribution in [0.1, 0.15) is 31.7 Å². The molecular weight excluding hydrogens is 290 g/mol. The summed E-state index contributed by atoms with van der Waals surface area (Å²) in [7, 11) is 0. The Hall–Kier alpha value is -2.57. The van der Waals surface area contributed by atoms with Crippen LogP contribution in [0.4, 0.5) is 17.6 Å². The van der Waals surface area contributed by atoms with Gasteiger partial charge in [0.05, 0.1) is 6.33 Å². The standard InChI is InChI=1S/C16H19N7/c1-2-8-21(7-1)16-19-15(13-4-3-9-23(13)20-16)18-14-10-22(11-17-14)12-5-6-12/h3-4,9-12H,1-2,5-8H2,(H,18,19,20). The van der Waals surface area contributed by atoms with Gasteiger partial charge in [0.1, 0.15) is 11.3 Å². The zero-order valence-electron chi connectivity index (χ0n) is 12.9. The lowest BCUT2D eigenvalue weighted by molar-refractivity contribution is 0.741. The molecule has 1 aliphatic carbocycles. The summed E-state index contributed by atoms with van der Waals surface area (Å²) in [5, 5.41) is 8.00. The number of imidazole rings is 1. The summed E-state index contributed by atoms with van der Waals surface area (Å²) in [6.45, 7) is 2.06. The molecule has 7 heteroatoms. The lowest BCUT2D eigenvalue weighted by Gasteiger charge is -2.16. The average molecular weight is 309 g/mol. The molecule has 2 fully saturated rings. The van der Waals surface area contributed by atoms with Crippen molar-refractivity contribution in [3.05, 3.63) is 30.9 Å². The van der Waals surface area contributed by atoms with Crippen molar-refractivity contribution in [1.82, 2.24) is 24.1 Å². The summed E-state index contributed by atoms with van der Waals surface area (Å²) < 4.78 is 4.07. The molecule has 2 aliphatic rings. The molecule has 118 valence electrons. The number of nitrogens with zero attached hydrogens (tertiary/aromatic N) is 6. The van der Waals surface area contributed by atoms with E-state index in [1.54, 1.807) is 0 Å². The van der Waals surface area contributed by atoms with Crippen LogP contribution in [0.15, 0.2) is 30.9 Å². The average Bonchev–Trinajstić information content (AvgIpc) is 3.01. The lowest BCUT2D eigenvalue weighted by atomic mass is 10.4. The molecule has 4 heterocycles. The zero-order valence-corrected chi connectivity index (χ0v) is 12.9. The number of aromatic nitrogens is 5. The van der Waals surface area contributed by atoms with Gasteiger partial charge in [0, 0.05) is 31.5 Å². The van der Waals surface area contributed by atoms with Gasteiger partial charge in [0.2, 0.25) is 5.95 Å². The molecule has 0 atom stereocenters. The van der Waals surface area contributed by atoms with Gasteiger partial charge in [0.15, 0.2) is 5.82 Å². The van der Waals surface area contributed by atoms with Crippen LogP contribution in [0.3, 0.4) is 0 Å². The van der Waals surface area contributed by atoms with E-state index in [4.69, 9.17) is 4.98 Å². The summed E-state index contributed by atoms with van der Waals surface area (Å²) in [6.07, 6.45) is 10.9. The second-order valence-corrected chi connectivity index (χ2v) is 6.35. The van der Waals surface area contributed by atoms with Crippen LogP contribution in [-0.4, -0.2) is 37.2 Å². The van der Waals surface area contributed by atoms with Crippen molar-refractivity contribution >= 4 is 23.1 Å². The van der Waals surface area contributed by atoms with E-state index in [1.807, 2.05) is 29.2 Å². The molecule has 7 nitrogen and oxygen atoms in total. The van der Waals surface area contributed by atoms with Crippen LogP contribution in [0, 0.1) is 0 Å². The Labute approximate surface area is 134 Å². The zero-order chi connectivity index (χ0) is 15.2. The first-order valence-electron chi connectivity index (χ1n) is 8.28. The summed E-state index contributed by atoms with van der Waals surface area (Å²) >= 11 is 0. The fourth-order valence-electron chi connectivity index (χ4n) is 3.16. The van der Waals surface area contributed by atoms with Crippen LogP contribution in [0.25, 0.3) is 5.52 Å². The van der Waals surface area contributed by atoms with Gasteiger partial charge < -0.3 is 14.8 Å². The van der Waals surface area contributed by atoms with Gasteiger partial charge in [-0.2, -0.15) is 4.98 Å². The molecule has 3 aromatic rings. The molecule has 1 aliphatic heterocycles. The molecular formula is C16H19N7. The summed E-state index contributed by atoms with van der Waals surface area (Å²) in [4.78, 5) is 11.5. The second kappa shape index (κ2) is 4.97. The first-order chi connectivity index (χ1) is 11.4. The van der Waals surface area contributed by atoms with Crippen molar-refractivity contribution in [1.29, 1.82) is 0 Å². The fourth-order valence-corrected chi connectivity index (χ4v) is 3.16. The van der Waals surface area contributed by atoms with E-state index in [1.165, 1.54) is 25.7 Å². The third kappa shape index (κ3) is 2.32. The number of hydrogen-bond donors (Lipinski definition) is 1. The molecule has 0 spiro atoms. The van der Waals surface area contributed by atoms with Crippen molar-refractivity contribution in [2.45, 2.75) is 31.7 Å². The first kappa shape index (κ1) is 12.9. The monoisotopic (exact) mass is 309 g/mol. The summed E-state index contributed by atoms with van der Waals surface area (Å²) in [5.41, 5.74) is 0.967. The Morgan fingerprint density at radius 3 is 2.87 bits per heavy atom. The molecule has 0 unspecified atom stereocenters. The minimum absolute atomic E-state index is 0.636. The third-order valence-corrected chi connectivity index (χ3v) is 4.59. The molecule has 0 bridgehead atoms. The van der Waals surface area contributed by atoms with E-state index < -0.39 is 0 Å². The molecule has 23 heavy (non-hydrogen) atoms.